The van der Waals surface area contributed by atoms with Crippen LogP contribution < -0.4 is 10.6 Å². The Kier molecular flexibility index (Phi) is 5.32. The highest BCUT2D eigenvalue weighted by atomic mass is 16.1. The van der Waals surface area contributed by atoms with Crippen LogP contribution in [0.15, 0.2) is 79.5 Å². The fourth-order valence-electron chi connectivity index (χ4n) is 3.87. The van der Waals surface area contributed by atoms with E-state index >= 15 is 0 Å². The summed E-state index contributed by atoms with van der Waals surface area (Å²) in [6, 6.07) is 17.5. The zero-order valence-corrected chi connectivity index (χ0v) is 18.4. The molecule has 3 aromatic heterocycles. The third kappa shape index (κ3) is 4.45. The number of nitrogens with zero attached hydrogens (tertiary/aromatic N) is 5. The number of hydrogen-bond donors (Lipinski definition) is 2. The maximum atomic E-state index is 12.6. The molecule has 0 saturated heterocycles. The molecule has 0 atom stereocenters. The van der Waals surface area contributed by atoms with Crippen molar-refractivity contribution in [2.75, 3.05) is 10.6 Å². The Morgan fingerprint density at radius 2 is 1.82 bits per heavy atom. The average molecular weight is 438 g/mol. The number of amides is 1. The van der Waals surface area contributed by atoms with Gasteiger partial charge < -0.3 is 15.2 Å². The SMILES string of the molecule is Cc1nc(Nc2ccc(NC(=O)Cc3cn(C)c4ccccc34)cc2)cc(-n2ccnc2)n1. The number of rotatable bonds is 6. The Balaban J connectivity index is 1.26. The summed E-state index contributed by atoms with van der Waals surface area (Å²) in [7, 11) is 1.99. The second-order valence-corrected chi connectivity index (χ2v) is 7.84. The minimum absolute atomic E-state index is 0.0524. The van der Waals surface area contributed by atoms with Gasteiger partial charge in [-0.25, -0.2) is 15.0 Å². The van der Waals surface area contributed by atoms with Crippen molar-refractivity contribution in [2.24, 2.45) is 7.05 Å². The van der Waals surface area contributed by atoms with Crippen molar-refractivity contribution in [3.63, 3.8) is 0 Å². The molecule has 0 radical (unpaired) electrons. The summed E-state index contributed by atoms with van der Waals surface area (Å²) >= 11 is 0. The Morgan fingerprint density at radius 3 is 2.61 bits per heavy atom. The summed E-state index contributed by atoms with van der Waals surface area (Å²) in [5.74, 6) is 2.02. The summed E-state index contributed by atoms with van der Waals surface area (Å²) < 4.78 is 3.87. The van der Waals surface area contributed by atoms with Crippen molar-refractivity contribution in [1.29, 1.82) is 0 Å². The van der Waals surface area contributed by atoms with Crippen LogP contribution in [0.5, 0.6) is 0 Å². The lowest BCUT2D eigenvalue weighted by Gasteiger charge is -2.10. The first-order valence-electron chi connectivity index (χ1n) is 10.6. The first-order chi connectivity index (χ1) is 16.0. The zero-order valence-electron chi connectivity index (χ0n) is 18.4. The Bertz CT molecular complexity index is 1420. The first-order valence-corrected chi connectivity index (χ1v) is 10.6. The number of carbonyl (C=O) groups excluding carboxylic acids is 1. The molecule has 0 spiro atoms. The van der Waals surface area contributed by atoms with Crippen molar-refractivity contribution in [1.82, 2.24) is 24.1 Å². The normalized spacial score (nSPS) is 11.0. The number of benzene rings is 2. The van der Waals surface area contributed by atoms with Gasteiger partial charge in [0.05, 0.1) is 6.42 Å². The van der Waals surface area contributed by atoms with Gasteiger partial charge in [0.1, 0.15) is 23.8 Å². The molecular weight excluding hydrogens is 414 g/mol. The number of aromatic nitrogens is 5. The van der Waals surface area contributed by atoms with Crippen LogP contribution in [0.1, 0.15) is 11.4 Å². The number of nitrogens with one attached hydrogen (secondary N) is 2. The van der Waals surface area contributed by atoms with Gasteiger partial charge in [0, 0.05) is 54.0 Å². The summed E-state index contributed by atoms with van der Waals surface area (Å²) in [4.78, 5) is 25.6. The molecule has 0 fully saturated rings. The summed E-state index contributed by atoms with van der Waals surface area (Å²) in [5.41, 5.74) is 3.73. The highest BCUT2D eigenvalue weighted by Crippen LogP contribution is 2.22. The molecule has 3 heterocycles. The minimum atomic E-state index is -0.0524. The number of anilines is 3. The van der Waals surface area contributed by atoms with E-state index < -0.39 is 0 Å². The minimum Gasteiger partial charge on any atom is -0.350 e. The predicted molar refractivity (Wildman–Crippen MR) is 129 cm³/mol. The molecule has 2 N–H and O–H groups in total. The zero-order chi connectivity index (χ0) is 22.8. The van der Waals surface area contributed by atoms with E-state index in [1.807, 2.05) is 84.0 Å². The van der Waals surface area contributed by atoms with E-state index in [2.05, 4.69) is 31.7 Å². The average Bonchev–Trinajstić information content (AvgIpc) is 3.44. The van der Waals surface area contributed by atoms with Gasteiger partial charge in [0.15, 0.2) is 0 Å². The molecule has 0 bridgehead atoms. The Labute approximate surface area is 191 Å². The second-order valence-electron chi connectivity index (χ2n) is 7.84. The number of hydrogen-bond acceptors (Lipinski definition) is 5. The van der Waals surface area contributed by atoms with Crippen LogP contribution in [0, 0.1) is 6.92 Å². The number of aryl methyl sites for hydroxylation is 2. The Morgan fingerprint density at radius 1 is 1.03 bits per heavy atom. The molecular formula is C25H23N7O. The van der Waals surface area contributed by atoms with Gasteiger partial charge in [-0.1, -0.05) is 18.2 Å². The van der Waals surface area contributed by atoms with Gasteiger partial charge in [0.25, 0.3) is 0 Å². The standard InChI is InChI=1S/C25H23N7O/c1-17-27-23(14-24(28-17)32-12-11-26-16-32)29-19-7-9-20(10-8-19)30-25(33)13-18-15-31(2)22-6-4-3-5-21(18)22/h3-12,14-16H,13H2,1-2H3,(H,30,33)(H,27,28,29). The van der Waals surface area contributed by atoms with E-state index in [0.29, 0.717) is 18.1 Å². The highest BCUT2D eigenvalue weighted by molar-refractivity contribution is 5.96. The lowest BCUT2D eigenvalue weighted by molar-refractivity contribution is -0.115. The van der Waals surface area contributed by atoms with Gasteiger partial charge in [-0.2, -0.15) is 0 Å². The van der Waals surface area contributed by atoms with Crippen molar-refractivity contribution >= 4 is 34.0 Å². The molecule has 8 heteroatoms. The highest BCUT2D eigenvalue weighted by Gasteiger charge is 2.11. The van der Waals surface area contributed by atoms with Crippen LogP contribution in [-0.4, -0.2) is 30.0 Å². The molecule has 0 aliphatic heterocycles. The van der Waals surface area contributed by atoms with Gasteiger partial charge >= 0.3 is 0 Å². The van der Waals surface area contributed by atoms with Gasteiger partial charge in [-0.05, 0) is 42.8 Å². The molecule has 0 aliphatic rings. The monoisotopic (exact) mass is 437 g/mol. The van der Waals surface area contributed by atoms with Crippen molar-refractivity contribution in [3.8, 4) is 5.82 Å². The van der Waals surface area contributed by atoms with Crippen LogP contribution in [0.25, 0.3) is 16.7 Å². The second kappa shape index (κ2) is 8.58. The molecule has 33 heavy (non-hydrogen) atoms. The third-order valence-electron chi connectivity index (χ3n) is 5.36. The van der Waals surface area contributed by atoms with E-state index in [0.717, 1.165) is 33.7 Å². The van der Waals surface area contributed by atoms with Crippen LogP contribution >= 0.6 is 0 Å². The van der Waals surface area contributed by atoms with Crippen LogP contribution in [0.4, 0.5) is 17.2 Å². The van der Waals surface area contributed by atoms with E-state index in [9.17, 15) is 4.79 Å². The van der Waals surface area contributed by atoms with Gasteiger partial charge in [0.2, 0.25) is 5.91 Å². The molecule has 0 aliphatic carbocycles. The van der Waals surface area contributed by atoms with Crippen molar-refractivity contribution in [2.45, 2.75) is 13.3 Å². The topological polar surface area (TPSA) is 89.7 Å². The first kappa shape index (κ1) is 20.4. The van der Waals surface area contributed by atoms with Gasteiger partial charge in [-0.15, -0.1) is 0 Å². The fourth-order valence-corrected chi connectivity index (χ4v) is 3.87. The van der Waals surface area contributed by atoms with Crippen LogP contribution in [-0.2, 0) is 18.3 Å². The summed E-state index contributed by atoms with van der Waals surface area (Å²) in [6.45, 7) is 1.85. The lowest BCUT2D eigenvalue weighted by atomic mass is 10.1. The maximum Gasteiger partial charge on any atom is 0.228 e. The summed E-state index contributed by atoms with van der Waals surface area (Å²) in [6.07, 6.45) is 7.57. The van der Waals surface area contributed by atoms with Crippen molar-refractivity contribution < 1.29 is 4.79 Å². The Hall–Kier alpha value is -4.46. The number of para-hydroxylation sites is 1. The van der Waals surface area contributed by atoms with E-state index in [1.165, 1.54) is 0 Å². The molecule has 2 aromatic carbocycles. The fraction of sp³-hybridized carbons (Fsp3) is 0.120. The molecule has 164 valence electrons. The molecule has 1 amide bonds. The molecule has 0 saturated carbocycles. The van der Waals surface area contributed by atoms with Crippen LogP contribution in [0.2, 0.25) is 0 Å². The van der Waals surface area contributed by atoms with Crippen LogP contribution in [0.3, 0.4) is 0 Å². The lowest BCUT2D eigenvalue weighted by Crippen LogP contribution is -2.14. The number of carbonyl (C=O) groups is 1. The number of fused-ring (bicyclic) bond motifs is 1. The molecule has 5 aromatic rings. The third-order valence-corrected chi connectivity index (χ3v) is 5.36. The van der Waals surface area contributed by atoms with Crippen molar-refractivity contribution in [3.05, 3.63) is 90.9 Å². The quantitative estimate of drug-likeness (QED) is 0.411. The van der Waals surface area contributed by atoms with E-state index in [1.54, 1.807) is 12.5 Å². The largest absolute Gasteiger partial charge is 0.350 e. The summed E-state index contributed by atoms with van der Waals surface area (Å²) in [5, 5.41) is 7.37. The number of imidazole rings is 1. The smallest absolute Gasteiger partial charge is 0.228 e. The molecule has 0 unspecified atom stereocenters. The van der Waals surface area contributed by atoms with Gasteiger partial charge in [-0.3, -0.25) is 9.36 Å². The maximum absolute atomic E-state index is 12.6. The van der Waals surface area contributed by atoms with E-state index in [-0.39, 0.29) is 5.91 Å². The van der Waals surface area contributed by atoms with E-state index in [4.69, 9.17) is 0 Å². The molecule has 5 rings (SSSR count). The molecule has 8 nitrogen and oxygen atoms in total. The predicted octanol–water partition coefficient (Wildman–Crippen LogP) is 4.39.